The summed E-state index contributed by atoms with van der Waals surface area (Å²) in [5.41, 5.74) is 1.69. The van der Waals surface area contributed by atoms with E-state index in [0.29, 0.717) is 11.3 Å². The number of likely N-dealkylation sites (N-methyl/N-ethyl adjacent to an activating group) is 1. The van der Waals surface area contributed by atoms with E-state index in [1.807, 2.05) is 6.92 Å². The second kappa shape index (κ2) is 5.79. The molecule has 1 aliphatic rings. The normalized spacial score (nSPS) is 17.6. The molecule has 3 rings (SSSR count). The molecule has 2 aromatic rings. The molecule has 0 aromatic heterocycles. The minimum Gasteiger partial charge on any atom is -0.317 e. The van der Waals surface area contributed by atoms with Crippen molar-refractivity contribution in [3.63, 3.8) is 0 Å². The lowest BCUT2D eigenvalue weighted by atomic mass is 10.1. The van der Waals surface area contributed by atoms with Crippen LogP contribution in [0.1, 0.15) is 15.9 Å². The minimum absolute atomic E-state index is 0.178. The van der Waals surface area contributed by atoms with Crippen molar-refractivity contribution in [1.82, 2.24) is 4.90 Å². The van der Waals surface area contributed by atoms with Gasteiger partial charge in [0.15, 0.2) is 0 Å². The summed E-state index contributed by atoms with van der Waals surface area (Å²) in [7, 11) is -2.27. The van der Waals surface area contributed by atoms with Gasteiger partial charge < -0.3 is 4.90 Å². The Labute approximate surface area is 141 Å². The SMILES string of the molecule is C=CC1N(C)C(=O)c2ccccc2N1S(=O)(=O)c1ccc(C)cc1. The topological polar surface area (TPSA) is 57.7 Å². The molecule has 0 saturated carbocycles. The Kier molecular flexibility index (Phi) is 3.93. The number of aryl methyl sites for hydroxylation is 1. The first-order valence-electron chi connectivity index (χ1n) is 7.48. The molecule has 1 amide bonds. The first kappa shape index (κ1) is 16.3. The number of para-hydroxylation sites is 1. The summed E-state index contributed by atoms with van der Waals surface area (Å²) >= 11 is 0. The van der Waals surface area contributed by atoms with E-state index in [0.717, 1.165) is 5.56 Å². The van der Waals surface area contributed by atoms with Gasteiger partial charge in [-0.1, -0.05) is 36.4 Å². The summed E-state index contributed by atoms with van der Waals surface area (Å²) in [6.07, 6.45) is 0.679. The predicted molar refractivity (Wildman–Crippen MR) is 93.4 cm³/mol. The van der Waals surface area contributed by atoms with Gasteiger partial charge in [0.1, 0.15) is 6.17 Å². The average Bonchev–Trinajstić information content (AvgIpc) is 2.58. The Morgan fingerprint density at radius 2 is 1.71 bits per heavy atom. The van der Waals surface area contributed by atoms with Crippen molar-refractivity contribution in [2.45, 2.75) is 18.0 Å². The van der Waals surface area contributed by atoms with Crippen LogP contribution in [0.5, 0.6) is 0 Å². The van der Waals surface area contributed by atoms with Crippen LogP contribution in [0.2, 0.25) is 0 Å². The van der Waals surface area contributed by atoms with Crippen molar-refractivity contribution in [1.29, 1.82) is 0 Å². The third-order valence-corrected chi connectivity index (χ3v) is 5.92. The Bertz CT molecular complexity index is 904. The maximum Gasteiger partial charge on any atom is 0.266 e. The van der Waals surface area contributed by atoms with Crippen molar-refractivity contribution in [3.05, 3.63) is 72.3 Å². The molecule has 0 aliphatic carbocycles. The van der Waals surface area contributed by atoms with Crippen LogP contribution in [0.4, 0.5) is 5.69 Å². The van der Waals surface area contributed by atoms with Gasteiger partial charge in [-0.15, -0.1) is 0 Å². The summed E-state index contributed by atoms with van der Waals surface area (Å²) < 4.78 is 27.7. The number of sulfonamides is 1. The highest BCUT2D eigenvalue weighted by atomic mass is 32.2. The Hall–Kier alpha value is -2.60. The molecule has 5 nitrogen and oxygen atoms in total. The molecule has 0 N–H and O–H groups in total. The van der Waals surface area contributed by atoms with Crippen molar-refractivity contribution in [2.75, 3.05) is 11.4 Å². The third-order valence-electron chi connectivity index (χ3n) is 4.12. The molecule has 1 heterocycles. The number of fused-ring (bicyclic) bond motifs is 1. The van der Waals surface area contributed by atoms with Crippen molar-refractivity contribution >= 4 is 21.6 Å². The van der Waals surface area contributed by atoms with Gasteiger partial charge in [-0.25, -0.2) is 12.7 Å². The molecule has 0 saturated heterocycles. The molecule has 1 unspecified atom stereocenters. The van der Waals surface area contributed by atoms with E-state index < -0.39 is 16.2 Å². The smallest absolute Gasteiger partial charge is 0.266 e. The molecule has 0 spiro atoms. The van der Waals surface area contributed by atoms with Gasteiger partial charge in [0.2, 0.25) is 0 Å². The lowest BCUT2D eigenvalue weighted by Gasteiger charge is -2.41. The molecule has 124 valence electrons. The second-order valence-corrected chi connectivity index (χ2v) is 7.51. The number of carbonyl (C=O) groups is 1. The summed E-state index contributed by atoms with van der Waals surface area (Å²) in [4.78, 5) is 14.1. The van der Waals surface area contributed by atoms with Crippen LogP contribution in [0.3, 0.4) is 0 Å². The molecule has 24 heavy (non-hydrogen) atoms. The molecule has 0 radical (unpaired) electrons. The first-order valence-corrected chi connectivity index (χ1v) is 8.92. The molecule has 6 heteroatoms. The van der Waals surface area contributed by atoms with E-state index in [2.05, 4.69) is 6.58 Å². The van der Waals surface area contributed by atoms with E-state index in [4.69, 9.17) is 0 Å². The van der Waals surface area contributed by atoms with Gasteiger partial charge >= 0.3 is 0 Å². The number of hydrogen-bond donors (Lipinski definition) is 0. The number of benzene rings is 2. The van der Waals surface area contributed by atoms with Crippen LogP contribution in [-0.2, 0) is 10.0 Å². The first-order chi connectivity index (χ1) is 11.4. The average molecular weight is 342 g/mol. The zero-order valence-electron chi connectivity index (χ0n) is 13.5. The zero-order valence-corrected chi connectivity index (χ0v) is 14.3. The highest BCUT2D eigenvalue weighted by molar-refractivity contribution is 7.92. The van der Waals surface area contributed by atoms with Crippen molar-refractivity contribution in [3.8, 4) is 0 Å². The van der Waals surface area contributed by atoms with Gasteiger partial charge in [-0.3, -0.25) is 4.79 Å². The quantitative estimate of drug-likeness (QED) is 0.806. The number of carbonyl (C=O) groups excluding carboxylic acids is 1. The number of rotatable bonds is 3. The summed E-state index contributed by atoms with van der Waals surface area (Å²) in [5, 5.41) is 0. The molecule has 1 atom stereocenters. The van der Waals surface area contributed by atoms with Crippen molar-refractivity contribution in [2.24, 2.45) is 0 Å². The minimum atomic E-state index is -3.84. The van der Waals surface area contributed by atoms with Gasteiger partial charge in [0.25, 0.3) is 15.9 Å². The fourth-order valence-corrected chi connectivity index (χ4v) is 4.44. The summed E-state index contributed by atoms with van der Waals surface area (Å²) in [6, 6.07) is 13.4. The lowest BCUT2D eigenvalue weighted by molar-refractivity contribution is 0.0753. The number of hydrogen-bond acceptors (Lipinski definition) is 3. The van der Waals surface area contributed by atoms with Gasteiger partial charge in [-0.2, -0.15) is 0 Å². The molecular formula is C18H18N2O3S. The highest BCUT2D eigenvalue weighted by Gasteiger charge is 2.40. The van der Waals surface area contributed by atoms with E-state index in [9.17, 15) is 13.2 Å². The standard InChI is InChI=1S/C18H18N2O3S/c1-4-17-19(3)18(21)15-7-5-6-8-16(15)20(17)24(22,23)14-11-9-13(2)10-12-14/h4-12,17H,1H2,2-3H3. The molecule has 1 aliphatic heterocycles. The Morgan fingerprint density at radius 3 is 2.33 bits per heavy atom. The van der Waals surface area contributed by atoms with Gasteiger partial charge in [0.05, 0.1) is 16.1 Å². The van der Waals surface area contributed by atoms with Gasteiger partial charge in [0, 0.05) is 7.05 Å². The monoisotopic (exact) mass is 342 g/mol. The van der Waals surface area contributed by atoms with Crippen LogP contribution in [0, 0.1) is 6.92 Å². The zero-order chi connectivity index (χ0) is 17.5. The summed E-state index contributed by atoms with van der Waals surface area (Å²) in [6.45, 7) is 5.61. The van der Waals surface area contributed by atoms with Gasteiger partial charge in [-0.05, 0) is 37.3 Å². The molecular weight excluding hydrogens is 324 g/mol. The van der Waals surface area contributed by atoms with Crippen LogP contribution < -0.4 is 4.31 Å². The van der Waals surface area contributed by atoms with E-state index >= 15 is 0 Å². The van der Waals surface area contributed by atoms with E-state index in [-0.39, 0.29) is 10.8 Å². The van der Waals surface area contributed by atoms with Crippen LogP contribution >= 0.6 is 0 Å². The Morgan fingerprint density at radius 1 is 1.08 bits per heavy atom. The van der Waals surface area contributed by atoms with Crippen LogP contribution in [-0.4, -0.2) is 32.4 Å². The van der Waals surface area contributed by atoms with Crippen LogP contribution in [0.25, 0.3) is 0 Å². The molecule has 2 aromatic carbocycles. The lowest BCUT2D eigenvalue weighted by Crippen LogP contribution is -2.54. The third kappa shape index (κ3) is 2.39. The largest absolute Gasteiger partial charge is 0.317 e. The maximum atomic E-state index is 13.2. The number of amides is 1. The second-order valence-electron chi connectivity index (χ2n) is 5.70. The van der Waals surface area contributed by atoms with Crippen LogP contribution in [0.15, 0.2) is 66.1 Å². The maximum absolute atomic E-state index is 13.2. The fraction of sp³-hybridized carbons (Fsp3) is 0.167. The fourth-order valence-electron chi connectivity index (χ4n) is 2.81. The Balaban J connectivity index is 2.23. The molecule has 0 fully saturated rings. The molecule has 0 bridgehead atoms. The predicted octanol–water partition coefficient (Wildman–Crippen LogP) is 2.79. The van der Waals surface area contributed by atoms with E-state index in [1.165, 1.54) is 15.3 Å². The number of nitrogens with zero attached hydrogens (tertiary/aromatic N) is 2. The van der Waals surface area contributed by atoms with E-state index in [1.54, 1.807) is 55.6 Å². The highest BCUT2D eigenvalue weighted by Crippen LogP contribution is 2.35. The number of anilines is 1. The summed E-state index contributed by atoms with van der Waals surface area (Å²) in [5.74, 6) is -0.231. The van der Waals surface area contributed by atoms with Crippen molar-refractivity contribution < 1.29 is 13.2 Å².